The molecule has 0 unspecified atom stereocenters. The Kier molecular flexibility index (Phi) is 6.95. The van der Waals surface area contributed by atoms with Crippen molar-refractivity contribution < 1.29 is 18.5 Å². The Hall–Kier alpha value is -0.470. The highest BCUT2D eigenvalue weighted by molar-refractivity contribution is 8.67. The van der Waals surface area contributed by atoms with Crippen LogP contribution >= 0.6 is 17.1 Å². The van der Waals surface area contributed by atoms with Gasteiger partial charge in [-0.15, -0.1) is 4.98 Å². The predicted octanol–water partition coefficient (Wildman–Crippen LogP) is 2.28. The Balaban J connectivity index is 2.98. The molecule has 1 aromatic heterocycles. The molecule has 108 valence electrons. The minimum absolute atomic E-state index is 0.156. The van der Waals surface area contributed by atoms with Gasteiger partial charge in [0.25, 0.3) is 5.69 Å². The average molecular weight is 325 g/mol. The molecule has 1 aromatic rings. The van der Waals surface area contributed by atoms with Crippen LogP contribution in [0.1, 0.15) is 13.8 Å². The molecule has 1 rings (SSSR count). The second-order valence-electron chi connectivity index (χ2n) is 2.97. The van der Waals surface area contributed by atoms with Crippen LogP contribution in [-0.4, -0.2) is 42.4 Å². The van der Waals surface area contributed by atoms with E-state index < -0.39 is 5.69 Å². The first kappa shape index (κ1) is 16.6. The standard InChI is InChI=1S/C9H16N3O4PS2/c1-5-15-17(18,16-6-2)19-9-11-7(13-3)10-8(12-9)14-4/h5-6H2,1-4H3. The zero-order valence-corrected chi connectivity index (χ0v) is 13.7. The Morgan fingerprint density at radius 3 is 1.84 bits per heavy atom. The third-order valence-electron chi connectivity index (χ3n) is 1.71. The van der Waals surface area contributed by atoms with Gasteiger partial charge in [0.1, 0.15) is 0 Å². The second kappa shape index (κ2) is 7.96. The van der Waals surface area contributed by atoms with Crippen molar-refractivity contribution in [1.29, 1.82) is 0 Å². The van der Waals surface area contributed by atoms with E-state index in [0.29, 0.717) is 18.4 Å². The van der Waals surface area contributed by atoms with Gasteiger partial charge in [-0.3, -0.25) is 0 Å². The summed E-state index contributed by atoms with van der Waals surface area (Å²) < 4.78 is 21.0. The minimum atomic E-state index is -2.52. The van der Waals surface area contributed by atoms with Crippen molar-refractivity contribution in [2.24, 2.45) is 0 Å². The normalized spacial score (nSPS) is 11.4. The first-order chi connectivity index (χ1) is 9.06. The molecule has 0 aliphatic heterocycles. The lowest BCUT2D eigenvalue weighted by Crippen LogP contribution is -2.01. The van der Waals surface area contributed by atoms with Gasteiger partial charge < -0.3 is 18.5 Å². The van der Waals surface area contributed by atoms with Crippen LogP contribution in [0.3, 0.4) is 0 Å². The van der Waals surface area contributed by atoms with Crippen molar-refractivity contribution in [3.05, 3.63) is 0 Å². The second-order valence-corrected chi connectivity index (χ2v) is 9.05. The number of hydrogen-bond acceptors (Lipinski definition) is 9. The molecular weight excluding hydrogens is 309 g/mol. The van der Waals surface area contributed by atoms with Gasteiger partial charge in [-0.25, -0.2) is 0 Å². The number of hydrogen-bond donors (Lipinski definition) is 0. The van der Waals surface area contributed by atoms with Crippen LogP contribution in [0.5, 0.6) is 12.0 Å². The van der Waals surface area contributed by atoms with Crippen LogP contribution in [0.25, 0.3) is 0 Å². The van der Waals surface area contributed by atoms with E-state index in [1.165, 1.54) is 14.2 Å². The molecular formula is C9H16N3O4PS2. The van der Waals surface area contributed by atoms with Crippen molar-refractivity contribution >= 4 is 28.9 Å². The van der Waals surface area contributed by atoms with Gasteiger partial charge in [-0.2, -0.15) is 9.97 Å². The Morgan fingerprint density at radius 1 is 1.00 bits per heavy atom. The molecule has 0 aromatic carbocycles. The van der Waals surface area contributed by atoms with Gasteiger partial charge in [0, 0.05) is 11.4 Å². The summed E-state index contributed by atoms with van der Waals surface area (Å²) in [6.07, 6.45) is 0. The van der Waals surface area contributed by atoms with Crippen molar-refractivity contribution in [1.82, 2.24) is 15.0 Å². The fourth-order valence-corrected chi connectivity index (χ4v) is 5.33. The third kappa shape index (κ3) is 5.19. The van der Waals surface area contributed by atoms with Crippen LogP contribution in [0.2, 0.25) is 0 Å². The summed E-state index contributed by atoms with van der Waals surface area (Å²) in [6.45, 7) is 4.64. The van der Waals surface area contributed by atoms with E-state index >= 15 is 0 Å². The van der Waals surface area contributed by atoms with Crippen molar-refractivity contribution in [3.8, 4) is 12.0 Å². The summed E-state index contributed by atoms with van der Waals surface area (Å²) >= 11 is 6.55. The Morgan fingerprint density at radius 2 is 1.47 bits per heavy atom. The van der Waals surface area contributed by atoms with Gasteiger partial charge in [0.15, 0.2) is 0 Å². The van der Waals surface area contributed by atoms with Gasteiger partial charge in [-0.05, 0) is 25.7 Å². The number of aromatic nitrogens is 3. The maximum absolute atomic E-state index is 5.51. The van der Waals surface area contributed by atoms with Crippen LogP contribution in [-0.2, 0) is 20.9 Å². The van der Waals surface area contributed by atoms with Gasteiger partial charge in [-0.1, -0.05) is 0 Å². The largest absolute Gasteiger partial charge is 0.467 e. The van der Waals surface area contributed by atoms with E-state index in [4.69, 9.17) is 30.3 Å². The van der Waals surface area contributed by atoms with Crippen LogP contribution in [0, 0.1) is 0 Å². The van der Waals surface area contributed by atoms with E-state index in [0.717, 1.165) is 11.4 Å². The van der Waals surface area contributed by atoms with E-state index in [9.17, 15) is 0 Å². The van der Waals surface area contributed by atoms with Crippen LogP contribution in [0.15, 0.2) is 5.16 Å². The molecule has 0 N–H and O–H groups in total. The lowest BCUT2D eigenvalue weighted by atomic mass is 10.9. The fraction of sp³-hybridized carbons (Fsp3) is 0.667. The minimum Gasteiger partial charge on any atom is -0.467 e. The highest BCUT2D eigenvalue weighted by atomic mass is 32.9. The van der Waals surface area contributed by atoms with Gasteiger partial charge in [0.05, 0.1) is 27.4 Å². The average Bonchev–Trinajstić information content (AvgIpc) is 2.38. The summed E-state index contributed by atoms with van der Waals surface area (Å²) in [4.78, 5) is 12.1. The molecule has 1 heterocycles. The molecule has 0 amide bonds. The fourth-order valence-electron chi connectivity index (χ4n) is 1.05. The van der Waals surface area contributed by atoms with Crippen LogP contribution < -0.4 is 9.47 Å². The molecule has 0 atom stereocenters. The summed E-state index contributed by atoms with van der Waals surface area (Å²) in [5.74, 6) is 0. The van der Waals surface area contributed by atoms with Crippen LogP contribution in [0.4, 0.5) is 0 Å². The number of nitrogens with zero attached hydrogens (tertiary/aromatic N) is 3. The lowest BCUT2D eigenvalue weighted by Gasteiger charge is -2.18. The monoisotopic (exact) mass is 325 g/mol. The summed E-state index contributed by atoms with van der Waals surface area (Å²) in [6, 6.07) is 0.313. The van der Waals surface area contributed by atoms with E-state index in [2.05, 4.69) is 15.0 Å². The molecule has 19 heavy (non-hydrogen) atoms. The molecule has 0 aliphatic rings. The smallest absolute Gasteiger partial charge is 0.323 e. The van der Waals surface area contributed by atoms with Gasteiger partial charge in [0.2, 0.25) is 5.16 Å². The summed E-state index contributed by atoms with van der Waals surface area (Å²) in [5.41, 5.74) is -2.52. The van der Waals surface area contributed by atoms with Crippen molar-refractivity contribution in [3.63, 3.8) is 0 Å². The Labute approximate surface area is 121 Å². The van der Waals surface area contributed by atoms with E-state index in [-0.39, 0.29) is 12.0 Å². The molecule has 0 fully saturated rings. The number of ether oxygens (including phenoxy) is 2. The van der Waals surface area contributed by atoms with Crippen molar-refractivity contribution in [2.75, 3.05) is 27.4 Å². The molecule has 0 saturated heterocycles. The summed E-state index contributed by atoms with van der Waals surface area (Å²) in [7, 11) is 2.93. The zero-order valence-electron chi connectivity index (χ0n) is 11.2. The predicted molar refractivity (Wildman–Crippen MR) is 76.3 cm³/mol. The molecule has 7 nitrogen and oxygen atoms in total. The Bertz CT molecular complexity index is 431. The topological polar surface area (TPSA) is 75.6 Å². The van der Waals surface area contributed by atoms with E-state index in [1.54, 1.807) is 0 Å². The molecule has 0 spiro atoms. The number of rotatable bonds is 8. The zero-order chi connectivity index (χ0) is 14.3. The first-order valence-electron chi connectivity index (χ1n) is 5.49. The maximum atomic E-state index is 5.51. The lowest BCUT2D eigenvalue weighted by molar-refractivity contribution is 0.280. The van der Waals surface area contributed by atoms with Crippen molar-refractivity contribution in [2.45, 2.75) is 19.0 Å². The highest BCUT2D eigenvalue weighted by Gasteiger charge is 2.23. The SMILES string of the molecule is CCOP(=S)(OCC)Sc1nc(OC)nc(OC)n1. The molecule has 0 saturated carbocycles. The summed E-state index contributed by atoms with van der Waals surface area (Å²) in [5, 5.41) is 0.355. The van der Waals surface area contributed by atoms with Gasteiger partial charge >= 0.3 is 12.0 Å². The molecule has 10 heteroatoms. The molecule has 0 radical (unpaired) electrons. The quantitative estimate of drug-likeness (QED) is 0.669. The first-order valence-corrected chi connectivity index (χ1v) is 9.55. The third-order valence-corrected chi connectivity index (χ3v) is 6.52. The maximum Gasteiger partial charge on any atom is 0.323 e. The number of methoxy groups -OCH3 is 2. The molecule has 0 aliphatic carbocycles. The molecule has 0 bridgehead atoms. The van der Waals surface area contributed by atoms with E-state index in [1.807, 2.05) is 13.8 Å². The highest BCUT2D eigenvalue weighted by Crippen LogP contribution is 2.63.